The number of hydrogen-bond donors (Lipinski definition) is 1. The minimum atomic E-state index is -0.205. The predicted molar refractivity (Wildman–Crippen MR) is 105 cm³/mol. The molecule has 0 saturated heterocycles. The van der Waals surface area contributed by atoms with Crippen LogP contribution in [0.3, 0.4) is 0 Å². The Balaban J connectivity index is 1.64. The first-order valence-corrected chi connectivity index (χ1v) is 9.19. The highest BCUT2D eigenvalue weighted by Gasteiger charge is 2.18. The van der Waals surface area contributed by atoms with Crippen LogP contribution in [0.5, 0.6) is 0 Å². The number of rotatable bonds is 3. The van der Waals surface area contributed by atoms with Crippen molar-refractivity contribution in [3.05, 3.63) is 70.5 Å². The number of nitrogens with one attached hydrogen (secondary N) is 1. The van der Waals surface area contributed by atoms with Crippen molar-refractivity contribution >= 4 is 28.0 Å². The maximum absolute atomic E-state index is 12.8. The Morgan fingerprint density at radius 2 is 1.96 bits per heavy atom. The van der Waals surface area contributed by atoms with E-state index < -0.39 is 0 Å². The van der Waals surface area contributed by atoms with Crippen LogP contribution in [-0.2, 0) is 0 Å². The molecule has 4 rings (SSSR count). The Morgan fingerprint density at radius 3 is 2.81 bits per heavy atom. The molecule has 3 aromatic heterocycles. The lowest BCUT2D eigenvalue weighted by molar-refractivity contribution is 0.102. The third kappa shape index (κ3) is 2.88. The molecule has 0 spiro atoms. The van der Waals surface area contributed by atoms with Crippen LogP contribution in [0.15, 0.2) is 48.0 Å². The Hall–Kier alpha value is -2.99. The molecule has 0 aliphatic rings. The molecule has 4 aromatic rings. The van der Waals surface area contributed by atoms with E-state index in [2.05, 4.69) is 47.3 Å². The molecule has 130 valence electrons. The summed E-state index contributed by atoms with van der Waals surface area (Å²) in [6.07, 6.45) is 1.84. The van der Waals surface area contributed by atoms with Crippen LogP contribution in [-0.4, -0.2) is 20.3 Å². The topological polar surface area (TPSA) is 59.3 Å². The van der Waals surface area contributed by atoms with Gasteiger partial charge in [0.25, 0.3) is 5.91 Å². The highest BCUT2D eigenvalue weighted by Crippen LogP contribution is 2.28. The lowest BCUT2D eigenvalue weighted by Gasteiger charge is -2.04. The van der Waals surface area contributed by atoms with Crippen molar-refractivity contribution < 1.29 is 4.79 Å². The average Bonchev–Trinajstić information content (AvgIpc) is 3.20. The van der Waals surface area contributed by atoms with Gasteiger partial charge >= 0.3 is 0 Å². The van der Waals surface area contributed by atoms with Gasteiger partial charge in [0, 0.05) is 17.1 Å². The van der Waals surface area contributed by atoms with Gasteiger partial charge in [0.15, 0.2) is 5.13 Å². The Bertz CT molecular complexity index is 1130. The van der Waals surface area contributed by atoms with E-state index in [0.717, 1.165) is 22.5 Å². The molecule has 0 saturated carbocycles. The molecule has 1 amide bonds. The number of thiazole rings is 1. The number of aromatic nitrogens is 3. The largest absolute Gasteiger partial charge is 0.296 e. The van der Waals surface area contributed by atoms with E-state index in [1.807, 2.05) is 36.7 Å². The van der Waals surface area contributed by atoms with E-state index >= 15 is 0 Å². The number of imidazole rings is 1. The van der Waals surface area contributed by atoms with Gasteiger partial charge in [0.2, 0.25) is 0 Å². The summed E-state index contributed by atoms with van der Waals surface area (Å²) in [5.74, 6) is -0.205. The number of anilines is 1. The number of carbonyl (C=O) groups excluding carboxylic acids is 1. The third-order valence-electron chi connectivity index (χ3n) is 4.31. The van der Waals surface area contributed by atoms with Crippen LogP contribution in [0.2, 0.25) is 0 Å². The summed E-state index contributed by atoms with van der Waals surface area (Å²) in [7, 11) is 0. The van der Waals surface area contributed by atoms with Gasteiger partial charge in [0.1, 0.15) is 11.3 Å². The zero-order valence-electron chi connectivity index (χ0n) is 14.8. The summed E-state index contributed by atoms with van der Waals surface area (Å²) in [5.41, 5.74) is 6.30. The number of hydrogen-bond acceptors (Lipinski definition) is 4. The van der Waals surface area contributed by atoms with Gasteiger partial charge in [-0.25, -0.2) is 9.97 Å². The van der Waals surface area contributed by atoms with E-state index in [0.29, 0.717) is 16.5 Å². The van der Waals surface area contributed by atoms with Crippen LogP contribution >= 0.6 is 11.3 Å². The Labute approximate surface area is 155 Å². The Kier molecular flexibility index (Phi) is 4.05. The molecule has 5 nitrogen and oxygen atoms in total. The van der Waals surface area contributed by atoms with E-state index in [-0.39, 0.29) is 5.91 Å². The fraction of sp³-hybridized carbons (Fsp3) is 0.150. The SMILES string of the molecule is Cc1ccc(C)c(-c2csc(NC(=O)c3c(C)nc4ccccn34)n2)c1. The predicted octanol–water partition coefficient (Wildman–Crippen LogP) is 4.64. The van der Waals surface area contributed by atoms with Gasteiger partial charge < -0.3 is 0 Å². The van der Waals surface area contributed by atoms with Gasteiger partial charge in [-0.05, 0) is 44.5 Å². The molecule has 3 heterocycles. The molecule has 1 N–H and O–H groups in total. The summed E-state index contributed by atoms with van der Waals surface area (Å²) >= 11 is 1.42. The van der Waals surface area contributed by atoms with Gasteiger partial charge in [-0.3, -0.25) is 14.5 Å². The lowest BCUT2D eigenvalue weighted by Crippen LogP contribution is -2.15. The molecule has 0 bridgehead atoms. The first-order chi connectivity index (χ1) is 12.5. The molecule has 0 atom stereocenters. The molecule has 0 fully saturated rings. The van der Waals surface area contributed by atoms with Crippen molar-refractivity contribution in [3.63, 3.8) is 0 Å². The van der Waals surface area contributed by atoms with Crippen molar-refractivity contribution in [2.75, 3.05) is 5.32 Å². The van der Waals surface area contributed by atoms with E-state index in [9.17, 15) is 4.79 Å². The number of aryl methyl sites for hydroxylation is 3. The summed E-state index contributed by atoms with van der Waals surface area (Å²) in [6.45, 7) is 5.96. The summed E-state index contributed by atoms with van der Waals surface area (Å²) in [4.78, 5) is 21.8. The second kappa shape index (κ2) is 6.38. The van der Waals surface area contributed by atoms with Gasteiger partial charge in [-0.2, -0.15) is 0 Å². The molecule has 0 unspecified atom stereocenters. The second-order valence-electron chi connectivity index (χ2n) is 6.29. The number of fused-ring (bicyclic) bond motifs is 1. The number of carbonyl (C=O) groups is 1. The number of benzene rings is 1. The molecular weight excluding hydrogens is 344 g/mol. The summed E-state index contributed by atoms with van der Waals surface area (Å²) in [5, 5.41) is 5.46. The van der Waals surface area contributed by atoms with Crippen LogP contribution in [0, 0.1) is 20.8 Å². The standard InChI is InChI=1S/C20H18N4OS/c1-12-7-8-13(2)15(10-12)16-11-26-20(22-16)23-19(25)18-14(3)21-17-6-4-5-9-24(17)18/h4-11H,1-3H3,(H,22,23,25). The minimum absolute atomic E-state index is 0.205. The number of nitrogens with zero attached hydrogens (tertiary/aromatic N) is 3. The first kappa shape index (κ1) is 16.5. The average molecular weight is 362 g/mol. The zero-order valence-corrected chi connectivity index (χ0v) is 15.6. The van der Waals surface area contributed by atoms with Crippen molar-refractivity contribution in [1.82, 2.24) is 14.4 Å². The Morgan fingerprint density at radius 1 is 1.12 bits per heavy atom. The highest BCUT2D eigenvalue weighted by atomic mass is 32.1. The summed E-state index contributed by atoms with van der Waals surface area (Å²) in [6, 6.07) is 12.0. The van der Waals surface area contributed by atoms with Crippen LogP contribution in [0.1, 0.15) is 27.3 Å². The fourth-order valence-electron chi connectivity index (χ4n) is 3.01. The highest BCUT2D eigenvalue weighted by molar-refractivity contribution is 7.14. The van der Waals surface area contributed by atoms with Crippen molar-refractivity contribution in [2.24, 2.45) is 0 Å². The van der Waals surface area contributed by atoms with Crippen molar-refractivity contribution in [2.45, 2.75) is 20.8 Å². The minimum Gasteiger partial charge on any atom is -0.296 e. The molecule has 6 heteroatoms. The summed E-state index contributed by atoms with van der Waals surface area (Å²) < 4.78 is 1.80. The van der Waals surface area contributed by atoms with Crippen LogP contribution in [0.4, 0.5) is 5.13 Å². The number of pyridine rings is 1. The van der Waals surface area contributed by atoms with Gasteiger partial charge in [-0.1, -0.05) is 23.8 Å². The van der Waals surface area contributed by atoms with Gasteiger partial charge in [0.05, 0.1) is 11.4 Å². The maximum Gasteiger partial charge on any atom is 0.276 e. The van der Waals surface area contributed by atoms with Crippen LogP contribution < -0.4 is 5.32 Å². The van der Waals surface area contributed by atoms with Crippen molar-refractivity contribution in [3.8, 4) is 11.3 Å². The van der Waals surface area contributed by atoms with E-state index in [4.69, 9.17) is 0 Å². The van der Waals surface area contributed by atoms with E-state index in [1.54, 1.807) is 4.40 Å². The molecular formula is C20H18N4OS. The molecule has 0 aliphatic carbocycles. The molecule has 0 aliphatic heterocycles. The quantitative estimate of drug-likeness (QED) is 0.578. The third-order valence-corrected chi connectivity index (χ3v) is 5.07. The maximum atomic E-state index is 12.8. The lowest BCUT2D eigenvalue weighted by atomic mass is 10.0. The smallest absolute Gasteiger partial charge is 0.276 e. The number of amides is 1. The van der Waals surface area contributed by atoms with E-state index in [1.165, 1.54) is 16.9 Å². The fourth-order valence-corrected chi connectivity index (χ4v) is 3.72. The molecule has 1 aromatic carbocycles. The van der Waals surface area contributed by atoms with Crippen molar-refractivity contribution in [1.29, 1.82) is 0 Å². The van der Waals surface area contributed by atoms with Crippen LogP contribution in [0.25, 0.3) is 16.9 Å². The molecule has 0 radical (unpaired) electrons. The first-order valence-electron chi connectivity index (χ1n) is 8.31. The molecule has 26 heavy (non-hydrogen) atoms. The zero-order chi connectivity index (χ0) is 18.3. The second-order valence-corrected chi connectivity index (χ2v) is 7.14. The normalized spacial score (nSPS) is 11.0. The monoisotopic (exact) mass is 362 g/mol. The van der Waals surface area contributed by atoms with Gasteiger partial charge in [-0.15, -0.1) is 11.3 Å².